The Hall–Kier alpha value is -3.87. The second-order valence-electron chi connectivity index (χ2n) is 8.32. The Kier molecular flexibility index (Phi) is 5.69. The number of amides is 3. The van der Waals surface area contributed by atoms with E-state index in [0.29, 0.717) is 36.3 Å². The number of nitrogens with one attached hydrogen (secondary N) is 1. The van der Waals surface area contributed by atoms with E-state index in [4.69, 9.17) is 4.42 Å². The predicted octanol–water partition coefficient (Wildman–Crippen LogP) is 4.27. The van der Waals surface area contributed by atoms with E-state index in [9.17, 15) is 14.4 Å². The molecule has 7 nitrogen and oxygen atoms in total. The number of para-hydroxylation sites is 1. The molecule has 2 aliphatic rings. The minimum atomic E-state index is -0.423. The molecule has 1 unspecified atom stereocenters. The largest absolute Gasteiger partial charge is 0.467 e. The number of hydrogen-bond donors (Lipinski definition) is 1. The van der Waals surface area contributed by atoms with Crippen LogP contribution < -0.4 is 10.2 Å². The molecule has 2 aliphatic heterocycles. The fraction of sp³-hybridized carbons (Fsp3) is 0.269. The second kappa shape index (κ2) is 8.94. The van der Waals surface area contributed by atoms with Crippen LogP contribution in [0.5, 0.6) is 0 Å². The lowest BCUT2D eigenvalue weighted by atomic mass is 10.0. The van der Waals surface area contributed by atoms with Crippen LogP contribution in [-0.2, 0) is 11.3 Å². The average molecular weight is 444 g/mol. The van der Waals surface area contributed by atoms with Crippen molar-refractivity contribution in [3.63, 3.8) is 0 Å². The van der Waals surface area contributed by atoms with Crippen molar-refractivity contribution in [2.75, 3.05) is 11.4 Å². The number of carbonyl (C=O) groups excluding carboxylic acids is 3. The Morgan fingerprint density at radius 1 is 0.879 bits per heavy atom. The number of unbranched alkanes of at least 4 members (excludes halogenated alkanes) is 2. The molecule has 5 rings (SSSR count). The number of hydrogen-bond acceptors (Lipinski definition) is 4. The summed E-state index contributed by atoms with van der Waals surface area (Å²) in [4.78, 5) is 42.1. The maximum atomic E-state index is 13.4. The van der Waals surface area contributed by atoms with Crippen molar-refractivity contribution in [2.45, 2.75) is 38.4 Å². The highest BCUT2D eigenvalue weighted by atomic mass is 16.3. The molecule has 1 N–H and O–H groups in total. The third-order valence-electron chi connectivity index (χ3n) is 6.23. The van der Waals surface area contributed by atoms with Gasteiger partial charge >= 0.3 is 0 Å². The first kappa shape index (κ1) is 21.0. The third-order valence-corrected chi connectivity index (χ3v) is 6.23. The van der Waals surface area contributed by atoms with Gasteiger partial charge in [0.05, 0.1) is 24.1 Å². The van der Waals surface area contributed by atoms with Gasteiger partial charge in [-0.15, -0.1) is 0 Å². The van der Waals surface area contributed by atoms with Gasteiger partial charge in [0, 0.05) is 24.1 Å². The molecular weight excluding hydrogens is 418 g/mol. The zero-order valence-corrected chi connectivity index (χ0v) is 18.2. The summed E-state index contributed by atoms with van der Waals surface area (Å²) >= 11 is 0. The molecule has 2 aromatic carbocycles. The molecule has 3 amide bonds. The summed E-state index contributed by atoms with van der Waals surface area (Å²) in [5.41, 5.74) is 2.72. The van der Waals surface area contributed by atoms with Gasteiger partial charge in [0.25, 0.3) is 11.8 Å². The van der Waals surface area contributed by atoms with E-state index in [1.807, 2.05) is 48.5 Å². The number of rotatable bonds is 8. The highest BCUT2D eigenvalue weighted by Crippen LogP contribution is 2.45. The van der Waals surface area contributed by atoms with Crippen molar-refractivity contribution in [1.82, 2.24) is 10.2 Å². The quantitative estimate of drug-likeness (QED) is 0.527. The minimum absolute atomic E-state index is 0.0177. The molecule has 0 saturated carbocycles. The summed E-state index contributed by atoms with van der Waals surface area (Å²) in [6.45, 7) is 0.905. The van der Waals surface area contributed by atoms with Gasteiger partial charge in [-0.1, -0.05) is 36.8 Å². The smallest absolute Gasteiger partial charge is 0.260 e. The zero-order valence-electron chi connectivity index (χ0n) is 18.2. The Balaban J connectivity index is 1.23. The molecule has 168 valence electrons. The molecule has 0 radical (unpaired) electrons. The molecule has 0 fully saturated rings. The summed E-state index contributed by atoms with van der Waals surface area (Å²) in [5, 5.41) is 2.85. The van der Waals surface area contributed by atoms with Crippen LogP contribution >= 0.6 is 0 Å². The van der Waals surface area contributed by atoms with E-state index < -0.39 is 6.17 Å². The van der Waals surface area contributed by atoms with Gasteiger partial charge in [-0.3, -0.25) is 19.3 Å². The van der Waals surface area contributed by atoms with Crippen molar-refractivity contribution >= 4 is 23.4 Å². The van der Waals surface area contributed by atoms with Crippen molar-refractivity contribution in [3.05, 3.63) is 89.4 Å². The standard InChI is InChI=1S/C26H25N3O4/c30-23(27-17-18-9-8-16-33-18)14-2-1-7-15-28-24-19-10-3-4-11-20(19)26(32)29(24)22-13-6-5-12-21(22)25(28)31/h3-6,8-13,16,24H,1-2,7,14-15,17H2,(H,27,30). The Morgan fingerprint density at radius 3 is 2.48 bits per heavy atom. The van der Waals surface area contributed by atoms with Gasteiger partial charge in [-0.2, -0.15) is 0 Å². The maximum absolute atomic E-state index is 13.4. The van der Waals surface area contributed by atoms with Gasteiger partial charge in [0.1, 0.15) is 11.9 Å². The molecule has 1 atom stereocenters. The molecule has 7 heteroatoms. The van der Waals surface area contributed by atoms with Gasteiger partial charge in [0.15, 0.2) is 0 Å². The number of furan rings is 1. The van der Waals surface area contributed by atoms with Crippen LogP contribution in [0.2, 0.25) is 0 Å². The SMILES string of the molecule is O=C(CCCCCN1C(=O)c2ccccc2N2C(=O)c3ccccc3C12)NCc1ccco1. The normalized spacial score (nSPS) is 16.4. The lowest BCUT2D eigenvalue weighted by molar-refractivity contribution is -0.121. The number of anilines is 1. The number of nitrogens with zero attached hydrogens (tertiary/aromatic N) is 2. The Morgan fingerprint density at radius 2 is 1.67 bits per heavy atom. The molecule has 0 saturated heterocycles. The van der Waals surface area contributed by atoms with Crippen molar-refractivity contribution < 1.29 is 18.8 Å². The topological polar surface area (TPSA) is 82.9 Å². The predicted molar refractivity (Wildman–Crippen MR) is 122 cm³/mol. The van der Waals surface area contributed by atoms with Crippen LogP contribution in [0.1, 0.15) is 63.9 Å². The molecule has 0 bridgehead atoms. The first-order valence-corrected chi connectivity index (χ1v) is 11.3. The Labute approximate surface area is 192 Å². The first-order chi connectivity index (χ1) is 16.1. The van der Waals surface area contributed by atoms with E-state index in [-0.39, 0.29) is 17.7 Å². The number of benzene rings is 2. The highest BCUT2D eigenvalue weighted by molar-refractivity contribution is 6.16. The number of carbonyl (C=O) groups is 3. The van der Waals surface area contributed by atoms with Crippen LogP contribution in [0, 0.1) is 0 Å². The molecule has 1 aromatic heterocycles. The van der Waals surface area contributed by atoms with Crippen LogP contribution in [0.4, 0.5) is 5.69 Å². The van der Waals surface area contributed by atoms with Gasteiger partial charge in [-0.25, -0.2) is 0 Å². The van der Waals surface area contributed by atoms with Gasteiger partial charge < -0.3 is 14.6 Å². The molecule has 33 heavy (non-hydrogen) atoms. The van der Waals surface area contributed by atoms with Gasteiger partial charge in [-0.05, 0) is 43.2 Å². The maximum Gasteiger partial charge on any atom is 0.260 e. The summed E-state index contributed by atoms with van der Waals surface area (Å²) in [7, 11) is 0. The lowest BCUT2D eigenvalue weighted by Gasteiger charge is -2.41. The van der Waals surface area contributed by atoms with Crippen LogP contribution in [-0.4, -0.2) is 29.2 Å². The summed E-state index contributed by atoms with van der Waals surface area (Å²) in [5.74, 6) is 0.570. The molecule has 0 spiro atoms. The van der Waals surface area contributed by atoms with E-state index >= 15 is 0 Å². The van der Waals surface area contributed by atoms with Crippen molar-refractivity contribution in [1.29, 1.82) is 0 Å². The summed E-state index contributed by atoms with van der Waals surface area (Å²) in [6.07, 6.45) is 3.87. The van der Waals surface area contributed by atoms with Crippen molar-refractivity contribution in [3.8, 4) is 0 Å². The first-order valence-electron chi connectivity index (χ1n) is 11.3. The van der Waals surface area contributed by atoms with E-state index in [2.05, 4.69) is 5.32 Å². The highest BCUT2D eigenvalue weighted by Gasteiger charge is 2.47. The minimum Gasteiger partial charge on any atom is -0.467 e. The van der Waals surface area contributed by atoms with Crippen LogP contribution in [0.25, 0.3) is 0 Å². The average Bonchev–Trinajstić information content (AvgIpc) is 3.46. The molecule has 3 aromatic rings. The Bertz CT molecular complexity index is 1190. The van der Waals surface area contributed by atoms with Gasteiger partial charge in [0.2, 0.25) is 5.91 Å². The fourth-order valence-corrected chi connectivity index (χ4v) is 4.63. The summed E-state index contributed by atoms with van der Waals surface area (Å²) in [6, 6.07) is 18.4. The zero-order chi connectivity index (χ0) is 22.8. The monoisotopic (exact) mass is 443 g/mol. The molecule has 0 aliphatic carbocycles. The molecular formula is C26H25N3O4. The van der Waals surface area contributed by atoms with E-state index in [0.717, 1.165) is 30.6 Å². The second-order valence-corrected chi connectivity index (χ2v) is 8.32. The molecule has 3 heterocycles. The number of fused-ring (bicyclic) bond motifs is 5. The van der Waals surface area contributed by atoms with E-state index in [1.54, 1.807) is 28.2 Å². The van der Waals surface area contributed by atoms with Crippen molar-refractivity contribution in [2.24, 2.45) is 0 Å². The third kappa shape index (κ3) is 3.91. The summed E-state index contributed by atoms with van der Waals surface area (Å²) < 4.78 is 5.22. The van der Waals surface area contributed by atoms with E-state index in [1.165, 1.54) is 0 Å². The van der Waals surface area contributed by atoms with Crippen LogP contribution in [0.15, 0.2) is 71.3 Å². The van der Waals surface area contributed by atoms with Crippen LogP contribution in [0.3, 0.4) is 0 Å². The lowest BCUT2D eigenvalue weighted by Crippen LogP contribution is -2.48. The fourth-order valence-electron chi connectivity index (χ4n) is 4.63.